The van der Waals surface area contributed by atoms with E-state index < -0.39 is 17.9 Å². The van der Waals surface area contributed by atoms with E-state index in [-0.39, 0.29) is 6.42 Å². The minimum Gasteiger partial charge on any atom is -0.480 e. The van der Waals surface area contributed by atoms with Crippen LogP contribution >= 0.6 is 0 Å². The van der Waals surface area contributed by atoms with Gasteiger partial charge in [-0.25, -0.2) is 0 Å². The number of aryl methyl sites for hydroxylation is 2. The zero-order valence-corrected chi connectivity index (χ0v) is 9.86. The summed E-state index contributed by atoms with van der Waals surface area (Å²) in [6.07, 6.45) is 0.242. The molecule has 0 saturated heterocycles. The van der Waals surface area contributed by atoms with Gasteiger partial charge in [0.25, 0.3) is 0 Å². The van der Waals surface area contributed by atoms with Crippen LogP contribution in [-0.4, -0.2) is 23.0 Å². The zero-order chi connectivity index (χ0) is 13.2. The number of carboxylic acid groups (broad SMARTS) is 1. The molecule has 0 aliphatic rings. The van der Waals surface area contributed by atoms with E-state index in [1.807, 2.05) is 13.8 Å². The van der Waals surface area contributed by atoms with Gasteiger partial charge in [-0.3, -0.25) is 9.59 Å². The molecule has 0 bridgehead atoms. The first kappa shape index (κ1) is 13.2. The summed E-state index contributed by atoms with van der Waals surface area (Å²) in [5, 5.41) is 8.77. The fourth-order valence-electron chi connectivity index (χ4n) is 1.76. The van der Waals surface area contributed by atoms with Crippen LogP contribution in [0, 0.1) is 13.8 Å². The third-order valence-corrected chi connectivity index (χ3v) is 2.72. The third kappa shape index (κ3) is 3.04. The molecular formula is C12H16N2O3. The van der Waals surface area contributed by atoms with E-state index in [2.05, 4.69) is 0 Å². The Labute approximate surface area is 99.4 Å². The second-order valence-electron chi connectivity index (χ2n) is 4.10. The molecule has 1 amide bonds. The van der Waals surface area contributed by atoms with Gasteiger partial charge in [-0.2, -0.15) is 0 Å². The molecule has 92 valence electrons. The number of hydrogen-bond donors (Lipinski definition) is 3. The maximum absolute atomic E-state index is 11.1. The summed E-state index contributed by atoms with van der Waals surface area (Å²) in [6, 6.07) is 2.37. The summed E-state index contributed by atoms with van der Waals surface area (Å²) in [5.41, 5.74) is 13.6. The number of amides is 1. The van der Waals surface area contributed by atoms with Crippen molar-refractivity contribution in [2.75, 3.05) is 0 Å². The minimum atomic E-state index is -1.04. The molecule has 5 heteroatoms. The number of nitrogens with two attached hydrogens (primary N) is 2. The smallest absolute Gasteiger partial charge is 0.320 e. The Bertz CT molecular complexity index is 446. The van der Waals surface area contributed by atoms with Gasteiger partial charge in [0.15, 0.2) is 0 Å². The second kappa shape index (κ2) is 4.97. The standard InChI is InChI=1S/C12H16N2O3/c1-6-3-8(11(14)15)4-7(2)9(6)5-10(13)12(16)17/h3-4,10H,5,13H2,1-2H3,(H2,14,15)(H,16,17)/t10-/m0/s1. The Balaban J connectivity index is 3.10. The molecule has 17 heavy (non-hydrogen) atoms. The molecule has 1 aromatic rings. The zero-order valence-electron chi connectivity index (χ0n) is 9.86. The molecular weight excluding hydrogens is 220 g/mol. The van der Waals surface area contributed by atoms with Crippen LogP contribution in [0.5, 0.6) is 0 Å². The molecule has 1 aromatic carbocycles. The van der Waals surface area contributed by atoms with Crippen molar-refractivity contribution in [3.05, 3.63) is 34.4 Å². The van der Waals surface area contributed by atoms with Crippen molar-refractivity contribution in [1.29, 1.82) is 0 Å². The van der Waals surface area contributed by atoms with Crippen LogP contribution < -0.4 is 11.5 Å². The van der Waals surface area contributed by atoms with Crippen molar-refractivity contribution in [3.63, 3.8) is 0 Å². The van der Waals surface area contributed by atoms with Gasteiger partial charge in [-0.15, -0.1) is 0 Å². The quantitative estimate of drug-likeness (QED) is 0.701. The summed E-state index contributed by atoms with van der Waals surface area (Å²) in [7, 11) is 0. The average Bonchev–Trinajstić information content (AvgIpc) is 2.22. The first-order chi connectivity index (χ1) is 7.82. The average molecular weight is 236 g/mol. The number of primary amides is 1. The summed E-state index contributed by atoms with van der Waals surface area (Å²) in [4.78, 5) is 21.8. The van der Waals surface area contributed by atoms with E-state index in [4.69, 9.17) is 16.6 Å². The highest BCUT2D eigenvalue weighted by Crippen LogP contribution is 2.18. The lowest BCUT2D eigenvalue weighted by molar-refractivity contribution is -0.138. The molecule has 0 saturated carbocycles. The molecule has 1 atom stereocenters. The lowest BCUT2D eigenvalue weighted by Crippen LogP contribution is -2.32. The van der Waals surface area contributed by atoms with Crippen LogP contribution in [0.15, 0.2) is 12.1 Å². The number of rotatable bonds is 4. The Hall–Kier alpha value is -1.88. The largest absolute Gasteiger partial charge is 0.480 e. The van der Waals surface area contributed by atoms with Gasteiger partial charge in [0.1, 0.15) is 6.04 Å². The number of hydrogen-bond acceptors (Lipinski definition) is 3. The maximum Gasteiger partial charge on any atom is 0.320 e. The van der Waals surface area contributed by atoms with Gasteiger partial charge >= 0.3 is 5.97 Å². The highest BCUT2D eigenvalue weighted by Gasteiger charge is 2.16. The normalized spacial score (nSPS) is 12.2. The molecule has 0 spiro atoms. The van der Waals surface area contributed by atoms with E-state index >= 15 is 0 Å². The van der Waals surface area contributed by atoms with Gasteiger partial charge < -0.3 is 16.6 Å². The van der Waals surface area contributed by atoms with Gasteiger partial charge in [0.05, 0.1) is 0 Å². The molecule has 0 fully saturated rings. The van der Waals surface area contributed by atoms with Crippen molar-refractivity contribution in [3.8, 4) is 0 Å². The van der Waals surface area contributed by atoms with E-state index in [0.717, 1.165) is 16.7 Å². The number of aliphatic carboxylic acids is 1. The Morgan fingerprint density at radius 3 is 2.12 bits per heavy atom. The highest BCUT2D eigenvalue weighted by molar-refractivity contribution is 5.93. The minimum absolute atomic E-state index is 0.242. The molecule has 1 rings (SSSR count). The van der Waals surface area contributed by atoms with Crippen LogP contribution in [-0.2, 0) is 11.2 Å². The van der Waals surface area contributed by atoms with E-state index in [1.54, 1.807) is 12.1 Å². The van der Waals surface area contributed by atoms with Gasteiger partial charge in [-0.05, 0) is 49.1 Å². The van der Waals surface area contributed by atoms with Crippen LogP contribution in [0.25, 0.3) is 0 Å². The fourth-order valence-corrected chi connectivity index (χ4v) is 1.76. The third-order valence-electron chi connectivity index (χ3n) is 2.72. The molecule has 0 aliphatic heterocycles. The number of benzene rings is 1. The first-order valence-corrected chi connectivity index (χ1v) is 5.21. The predicted molar refractivity (Wildman–Crippen MR) is 63.7 cm³/mol. The van der Waals surface area contributed by atoms with Gasteiger partial charge in [-0.1, -0.05) is 0 Å². The summed E-state index contributed by atoms with van der Waals surface area (Å²) >= 11 is 0. The summed E-state index contributed by atoms with van der Waals surface area (Å²) in [6.45, 7) is 3.62. The highest BCUT2D eigenvalue weighted by atomic mass is 16.4. The van der Waals surface area contributed by atoms with Gasteiger partial charge in [0.2, 0.25) is 5.91 Å². The molecule has 0 aliphatic carbocycles. The van der Waals surface area contributed by atoms with Crippen LogP contribution in [0.1, 0.15) is 27.0 Å². The lowest BCUT2D eigenvalue weighted by Gasteiger charge is -2.13. The lowest BCUT2D eigenvalue weighted by atomic mass is 9.94. The first-order valence-electron chi connectivity index (χ1n) is 5.21. The summed E-state index contributed by atoms with van der Waals surface area (Å²) < 4.78 is 0. The second-order valence-corrected chi connectivity index (χ2v) is 4.10. The van der Waals surface area contributed by atoms with Crippen LogP contribution in [0.3, 0.4) is 0 Å². The van der Waals surface area contributed by atoms with Crippen molar-refractivity contribution < 1.29 is 14.7 Å². The number of carbonyl (C=O) groups excluding carboxylic acids is 1. The van der Waals surface area contributed by atoms with Crippen molar-refractivity contribution in [2.45, 2.75) is 26.3 Å². The maximum atomic E-state index is 11.1. The topological polar surface area (TPSA) is 106 Å². The number of carboxylic acids is 1. The summed E-state index contributed by atoms with van der Waals surface area (Å²) in [5.74, 6) is -1.53. The molecule has 5 nitrogen and oxygen atoms in total. The van der Waals surface area contributed by atoms with Crippen molar-refractivity contribution >= 4 is 11.9 Å². The van der Waals surface area contributed by atoms with E-state index in [9.17, 15) is 9.59 Å². The Morgan fingerprint density at radius 1 is 1.29 bits per heavy atom. The Morgan fingerprint density at radius 2 is 1.76 bits per heavy atom. The monoisotopic (exact) mass is 236 g/mol. The predicted octanol–water partition coefficient (Wildman–Crippen LogP) is 0.357. The molecule has 0 heterocycles. The SMILES string of the molecule is Cc1cc(C(N)=O)cc(C)c1C[C@H](N)C(=O)O. The van der Waals surface area contributed by atoms with E-state index in [0.29, 0.717) is 5.56 Å². The fraction of sp³-hybridized carbons (Fsp3) is 0.333. The Kier molecular flexibility index (Phi) is 3.85. The molecule has 0 aromatic heterocycles. The molecule has 0 unspecified atom stereocenters. The number of carbonyl (C=O) groups is 2. The van der Waals surface area contributed by atoms with Gasteiger partial charge in [0, 0.05) is 5.56 Å². The van der Waals surface area contributed by atoms with E-state index in [1.165, 1.54) is 0 Å². The van der Waals surface area contributed by atoms with Crippen LogP contribution in [0.4, 0.5) is 0 Å². The molecule has 0 radical (unpaired) electrons. The molecule has 5 N–H and O–H groups in total. The van der Waals surface area contributed by atoms with Crippen molar-refractivity contribution in [2.24, 2.45) is 11.5 Å². The van der Waals surface area contributed by atoms with Crippen LogP contribution in [0.2, 0.25) is 0 Å². The van der Waals surface area contributed by atoms with Crippen molar-refractivity contribution in [1.82, 2.24) is 0 Å².